The van der Waals surface area contributed by atoms with Crippen LogP contribution in [0.25, 0.3) is 23.1 Å². The molecule has 0 fully saturated rings. The molecule has 2 heterocycles. The average molecular weight is 342 g/mol. The summed E-state index contributed by atoms with van der Waals surface area (Å²) in [5.41, 5.74) is -0.224. The first-order valence-electron chi connectivity index (χ1n) is 8.09. The fraction of sp³-hybridized carbons (Fsp3) is 0.350. The van der Waals surface area contributed by atoms with Gasteiger partial charge in [-0.15, -0.1) is 0 Å². The predicted octanol–water partition coefficient (Wildman–Crippen LogP) is 3.77. The van der Waals surface area contributed by atoms with Crippen molar-refractivity contribution >= 4 is 23.1 Å². The Kier molecular flexibility index (Phi) is 4.00. The fourth-order valence-corrected chi connectivity index (χ4v) is 2.79. The van der Waals surface area contributed by atoms with Crippen LogP contribution in [0.15, 0.2) is 33.5 Å². The molecule has 0 saturated heterocycles. The summed E-state index contributed by atoms with van der Waals surface area (Å²) in [5, 5.41) is 10.7. The van der Waals surface area contributed by atoms with Crippen LogP contribution in [-0.4, -0.2) is 23.4 Å². The molecular weight excluding hydrogens is 320 g/mol. The molecule has 0 saturated carbocycles. The average Bonchev–Trinajstić information content (AvgIpc) is 2.50. The van der Waals surface area contributed by atoms with Gasteiger partial charge in [0.15, 0.2) is 5.58 Å². The van der Waals surface area contributed by atoms with Gasteiger partial charge < -0.3 is 19.0 Å². The van der Waals surface area contributed by atoms with Crippen molar-refractivity contribution in [2.45, 2.75) is 38.9 Å². The van der Waals surface area contributed by atoms with Crippen LogP contribution in [0.4, 0.5) is 0 Å². The van der Waals surface area contributed by atoms with Gasteiger partial charge in [-0.1, -0.05) is 6.08 Å². The minimum absolute atomic E-state index is 0.370. The van der Waals surface area contributed by atoms with Crippen molar-refractivity contribution < 1.29 is 19.0 Å². The Balaban J connectivity index is 2.41. The van der Waals surface area contributed by atoms with Crippen molar-refractivity contribution in [3.05, 3.63) is 45.8 Å². The maximum Gasteiger partial charge on any atom is 0.336 e. The fourth-order valence-electron chi connectivity index (χ4n) is 2.79. The van der Waals surface area contributed by atoms with Crippen LogP contribution in [-0.2, 0) is 0 Å². The van der Waals surface area contributed by atoms with Gasteiger partial charge in [0.05, 0.1) is 29.2 Å². The Morgan fingerprint density at radius 2 is 2.00 bits per heavy atom. The van der Waals surface area contributed by atoms with Crippen LogP contribution in [0.5, 0.6) is 11.5 Å². The van der Waals surface area contributed by atoms with Crippen molar-refractivity contribution in [1.29, 1.82) is 0 Å². The first-order chi connectivity index (χ1) is 11.6. The van der Waals surface area contributed by atoms with Gasteiger partial charge >= 0.3 is 5.63 Å². The van der Waals surface area contributed by atoms with Crippen LogP contribution >= 0.6 is 0 Å². The highest BCUT2D eigenvalue weighted by molar-refractivity contribution is 5.98. The van der Waals surface area contributed by atoms with E-state index in [1.807, 2.05) is 26.0 Å². The molecule has 3 rings (SSSR count). The van der Waals surface area contributed by atoms with E-state index in [1.165, 1.54) is 6.07 Å². The topological polar surface area (TPSA) is 68.9 Å². The molecule has 2 aromatic rings. The number of methoxy groups -OCH3 is 1. The van der Waals surface area contributed by atoms with Gasteiger partial charge in [0, 0.05) is 6.07 Å². The molecule has 5 nitrogen and oxygen atoms in total. The Morgan fingerprint density at radius 1 is 1.28 bits per heavy atom. The molecule has 0 radical (unpaired) electrons. The van der Waals surface area contributed by atoms with Crippen molar-refractivity contribution in [3.8, 4) is 11.5 Å². The maximum atomic E-state index is 11.8. The lowest BCUT2D eigenvalue weighted by Gasteiger charge is -2.30. The number of aliphatic hydroxyl groups is 1. The second-order valence-corrected chi connectivity index (χ2v) is 7.21. The second-order valence-electron chi connectivity index (χ2n) is 7.21. The van der Waals surface area contributed by atoms with Gasteiger partial charge in [-0.25, -0.2) is 4.79 Å². The smallest absolute Gasteiger partial charge is 0.336 e. The van der Waals surface area contributed by atoms with E-state index in [4.69, 9.17) is 13.9 Å². The van der Waals surface area contributed by atoms with E-state index in [2.05, 4.69) is 0 Å². The van der Waals surface area contributed by atoms with Gasteiger partial charge in [0.1, 0.15) is 17.1 Å². The second kappa shape index (κ2) is 5.77. The SMILES string of the molecule is COc1c2c(c3ccc(=O)oc3c1/C=C\C(C)(C)O)OC(C)(C)C=C2. The molecule has 0 aliphatic carbocycles. The lowest BCUT2D eigenvalue weighted by Crippen LogP contribution is -2.28. The third-order valence-corrected chi connectivity index (χ3v) is 3.93. The normalized spacial score (nSPS) is 16.1. The van der Waals surface area contributed by atoms with Crippen LogP contribution < -0.4 is 15.1 Å². The molecule has 0 amide bonds. The van der Waals surface area contributed by atoms with Crippen LogP contribution in [0.2, 0.25) is 0 Å². The maximum absolute atomic E-state index is 11.8. The number of hydrogen-bond donors (Lipinski definition) is 1. The molecule has 1 aromatic heterocycles. The summed E-state index contributed by atoms with van der Waals surface area (Å²) in [4.78, 5) is 11.8. The number of ether oxygens (including phenoxy) is 2. The van der Waals surface area contributed by atoms with Gasteiger partial charge in [0.25, 0.3) is 0 Å². The largest absolute Gasteiger partial charge is 0.495 e. The van der Waals surface area contributed by atoms with E-state index in [0.29, 0.717) is 28.0 Å². The Bertz CT molecular complexity index is 939. The molecule has 5 heteroatoms. The molecule has 132 valence electrons. The Labute approximate surface area is 146 Å². The zero-order chi connectivity index (χ0) is 18.4. The highest BCUT2D eigenvalue weighted by atomic mass is 16.5. The van der Waals surface area contributed by atoms with Gasteiger partial charge in [-0.05, 0) is 52.0 Å². The van der Waals surface area contributed by atoms with E-state index in [-0.39, 0.29) is 0 Å². The summed E-state index contributed by atoms with van der Waals surface area (Å²) in [5.74, 6) is 1.15. The standard InChI is InChI=1S/C20H22O5/c1-19(2,22)10-8-13-16(23-5)14-9-11-20(3,4)25-18(14)12-6-7-15(21)24-17(12)13/h6-11,22H,1-5H3/b10-8-. The van der Waals surface area contributed by atoms with Crippen molar-refractivity contribution in [2.75, 3.05) is 7.11 Å². The molecule has 0 bridgehead atoms. The predicted molar refractivity (Wildman–Crippen MR) is 98.1 cm³/mol. The van der Waals surface area contributed by atoms with E-state index < -0.39 is 16.8 Å². The minimum Gasteiger partial charge on any atom is -0.495 e. The Hall–Kier alpha value is -2.53. The van der Waals surface area contributed by atoms with Crippen LogP contribution in [0, 0.1) is 0 Å². The Morgan fingerprint density at radius 3 is 2.64 bits per heavy atom. The summed E-state index contributed by atoms with van der Waals surface area (Å²) in [7, 11) is 1.55. The lowest BCUT2D eigenvalue weighted by molar-refractivity contribution is 0.134. The molecule has 1 N–H and O–H groups in total. The van der Waals surface area contributed by atoms with Gasteiger partial charge in [0.2, 0.25) is 0 Å². The highest BCUT2D eigenvalue weighted by Gasteiger charge is 2.29. The molecule has 1 aliphatic heterocycles. The summed E-state index contributed by atoms with van der Waals surface area (Å²) >= 11 is 0. The first kappa shape index (κ1) is 17.3. The first-order valence-corrected chi connectivity index (χ1v) is 8.09. The third-order valence-electron chi connectivity index (χ3n) is 3.93. The summed E-state index contributed by atoms with van der Waals surface area (Å²) < 4.78 is 17.2. The number of hydrogen-bond acceptors (Lipinski definition) is 5. The molecule has 0 unspecified atom stereocenters. The molecule has 0 atom stereocenters. The van der Waals surface area contributed by atoms with E-state index in [1.54, 1.807) is 39.2 Å². The number of rotatable bonds is 3. The lowest BCUT2D eigenvalue weighted by atomic mass is 9.95. The summed E-state index contributed by atoms with van der Waals surface area (Å²) in [6.07, 6.45) is 7.23. The van der Waals surface area contributed by atoms with Crippen LogP contribution in [0.1, 0.15) is 38.8 Å². The summed E-state index contributed by atoms with van der Waals surface area (Å²) in [6, 6.07) is 3.06. The van der Waals surface area contributed by atoms with Crippen molar-refractivity contribution in [3.63, 3.8) is 0 Å². The minimum atomic E-state index is -1.02. The monoisotopic (exact) mass is 342 g/mol. The zero-order valence-electron chi connectivity index (χ0n) is 15.0. The molecule has 1 aromatic carbocycles. The van der Waals surface area contributed by atoms with Gasteiger partial charge in [-0.2, -0.15) is 0 Å². The van der Waals surface area contributed by atoms with Crippen LogP contribution in [0.3, 0.4) is 0 Å². The van der Waals surface area contributed by atoms with E-state index >= 15 is 0 Å². The molecule has 25 heavy (non-hydrogen) atoms. The summed E-state index contributed by atoms with van der Waals surface area (Å²) in [6.45, 7) is 7.23. The zero-order valence-corrected chi connectivity index (χ0v) is 15.0. The number of fused-ring (bicyclic) bond motifs is 3. The van der Waals surface area contributed by atoms with Crippen molar-refractivity contribution in [2.24, 2.45) is 0 Å². The third kappa shape index (κ3) is 3.33. The quantitative estimate of drug-likeness (QED) is 0.860. The van der Waals surface area contributed by atoms with E-state index in [9.17, 15) is 9.90 Å². The molecular formula is C20H22O5. The molecule has 1 aliphatic rings. The van der Waals surface area contributed by atoms with Gasteiger partial charge in [-0.3, -0.25) is 0 Å². The highest BCUT2D eigenvalue weighted by Crippen LogP contribution is 2.45. The number of benzene rings is 1. The molecule has 0 spiro atoms. The van der Waals surface area contributed by atoms with Crippen molar-refractivity contribution in [1.82, 2.24) is 0 Å². The van der Waals surface area contributed by atoms with E-state index in [0.717, 1.165) is 5.56 Å².